The first-order chi connectivity index (χ1) is 5.86. The molecule has 0 bridgehead atoms. The van der Waals surface area contributed by atoms with Crippen LogP contribution in [0.15, 0.2) is 16.7 Å². The van der Waals surface area contributed by atoms with Crippen molar-refractivity contribution in [3.63, 3.8) is 0 Å². The summed E-state index contributed by atoms with van der Waals surface area (Å²) >= 11 is 5.30. The van der Waals surface area contributed by atoms with Crippen LogP contribution >= 0.6 is 37.2 Å². The van der Waals surface area contributed by atoms with Gasteiger partial charge in [0.05, 0.1) is 0 Å². The van der Waals surface area contributed by atoms with Crippen molar-refractivity contribution in [3.8, 4) is 0 Å². The number of rotatable bonds is 0. The Balaban J connectivity index is 0. The zero-order valence-electron chi connectivity index (χ0n) is 9.13. The average Bonchev–Trinajstić information content (AvgIpc) is 2.16. The summed E-state index contributed by atoms with van der Waals surface area (Å²) in [6.45, 7) is 10.9. The summed E-state index contributed by atoms with van der Waals surface area (Å²) < 4.78 is 0. The monoisotopic (exact) mass is 696 g/mol. The molecule has 0 unspecified atom stereocenters. The first kappa shape index (κ1) is 18.9. The fraction of sp³-hybridized carbons (Fsp3) is 0.600. The van der Waals surface area contributed by atoms with E-state index >= 15 is 0 Å². The molecule has 0 aromatic carbocycles. The van der Waals surface area contributed by atoms with E-state index in [1.807, 2.05) is 0 Å². The molecule has 0 atom stereocenters. The fourth-order valence-corrected chi connectivity index (χ4v) is 1.41. The second kappa shape index (κ2) is 8.60. The minimum absolute atomic E-state index is 0. The Bertz CT molecular complexity index is 242. The van der Waals surface area contributed by atoms with Crippen LogP contribution in [0.2, 0.25) is 0 Å². The van der Waals surface area contributed by atoms with Gasteiger partial charge in [-0.25, -0.2) is 5.57 Å². The summed E-state index contributed by atoms with van der Waals surface area (Å²) in [7, 11) is 0. The van der Waals surface area contributed by atoms with Gasteiger partial charge in [-0.3, -0.25) is 6.08 Å². The molecule has 82 valence electrons. The number of hydrogen-bond acceptors (Lipinski definition) is 0. The van der Waals surface area contributed by atoms with Crippen molar-refractivity contribution in [2.24, 2.45) is 5.41 Å². The van der Waals surface area contributed by atoms with E-state index in [2.05, 4.69) is 77.9 Å². The minimum atomic E-state index is 0. The molecule has 0 saturated heterocycles. The van der Waals surface area contributed by atoms with Gasteiger partial charge in [0.1, 0.15) is 0 Å². The third-order valence-corrected chi connectivity index (χ3v) is 2.56. The molecule has 0 saturated carbocycles. The summed E-state index contributed by atoms with van der Waals surface area (Å²) in [6.07, 6.45) is 3.44. The summed E-state index contributed by atoms with van der Waals surface area (Å²) in [5, 5.41) is 0. The van der Waals surface area contributed by atoms with Crippen LogP contribution in [-0.2, 0) is 25.8 Å². The van der Waals surface area contributed by atoms with E-state index in [0.29, 0.717) is 13.3 Å². The topological polar surface area (TPSA) is 0 Å². The summed E-state index contributed by atoms with van der Waals surface area (Å²) in [6, 6.07) is 0. The van der Waals surface area contributed by atoms with Gasteiger partial charge >= 0.3 is 50.5 Å². The van der Waals surface area contributed by atoms with Crippen molar-refractivity contribution < 1.29 is 39.1 Å². The number of halogens is 3. The van der Waals surface area contributed by atoms with E-state index in [4.69, 9.17) is 0 Å². The van der Waals surface area contributed by atoms with Crippen LogP contribution in [0.1, 0.15) is 34.6 Å². The Morgan fingerprint density at radius 1 is 1.14 bits per heavy atom. The normalized spacial score (nSPS) is 18.4. The van der Waals surface area contributed by atoms with E-state index in [9.17, 15) is 0 Å². The number of hydrogen-bond donors (Lipinski definition) is 0. The second-order valence-corrected chi connectivity index (χ2v) is 19.9. The smallest absolute Gasteiger partial charge is 0 e. The Morgan fingerprint density at radius 3 is 1.57 bits per heavy atom. The first-order valence-corrected chi connectivity index (χ1v) is 16.6. The van der Waals surface area contributed by atoms with Gasteiger partial charge in [0.15, 0.2) is 0 Å². The molecule has 0 radical (unpaired) electrons. The molecule has 4 heteroatoms. The second-order valence-electron chi connectivity index (χ2n) is 3.68. The van der Waals surface area contributed by atoms with Crippen molar-refractivity contribution in [1.82, 2.24) is 0 Å². The molecule has 14 heavy (non-hydrogen) atoms. The molecule has 1 rings (SSSR count). The van der Waals surface area contributed by atoms with Crippen LogP contribution < -0.4 is 13.3 Å². The van der Waals surface area contributed by atoms with Crippen LogP contribution in [0.3, 0.4) is 0 Å². The SMILES string of the molecule is CC1=[C-]C(C)(C)C(C)=C1C.I[I-]I.[Hf]. The molecular weight excluding hydrogens is 679 g/mol. The predicted octanol–water partition coefficient (Wildman–Crippen LogP) is 1.88. The summed E-state index contributed by atoms with van der Waals surface area (Å²) in [4.78, 5) is 0. The van der Waals surface area contributed by atoms with Gasteiger partial charge in [-0.05, 0) is 0 Å². The maximum atomic E-state index is 3.44. The Hall–Kier alpha value is 2.54. The quantitative estimate of drug-likeness (QED) is 0.207. The van der Waals surface area contributed by atoms with Gasteiger partial charge in [-0.15, -0.1) is 6.92 Å². The van der Waals surface area contributed by atoms with E-state index in [1.54, 1.807) is 0 Å². The Labute approximate surface area is 137 Å². The molecule has 1 aliphatic rings. The zero-order chi connectivity index (χ0) is 10.6. The fourth-order valence-electron chi connectivity index (χ4n) is 1.41. The van der Waals surface area contributed by atoms with Crippen LogP contribution in [0.25, 0.3) is 0 Å². The van der Waals surface area contributed by atoms with Crippen molar-refractivity contribution in [1.29, 1.82) is 0 Å². The molecule has 0 heterocycles. The average molecular weight is 694 g/mol. The zero-order valence-corrected chi connectivity index (χ0v) is 19.2. The molecule has 0 nitrogen and oxygen atoms in total. The van der Waals surface area contributed by atoms with Crippen LogP contribution in [0.5, 0.6) is 0 Å². The third kappa shape index (κ3) is 5.75. The third-order valence-electron chi connectivity index (χ3n) is 2.56. The summed E-state index contributed by atoms with van der Waals surface area (Å²) in [5.41, 5.74) is 4.39. The van der Waals surface area contributed by atoms with Crippen molar-refractivity contribution in [2.45, 2.75) is 34.6 Å². The van der Waals surface area contributed by atoms with Crippen molar-refractivity contribution in [3.05, 3.63) is 22.8 Å². The summed E-state index contributed by atoms with van der Waals surface area (Å²) in [5.74, 6) is 0. The molecule has 0 spiro atoms. The molecular formula is C10H15HfI3-2. The van der Waals surface area contributed by atoms with E-state index in [-0.39, 0.29) is 31.3 Å². The van der Waals surface area contributed by atoms with Gasteiger partial charge < -0.3 is 0 Å². The van der Waals surface area contributed by atoms with Gasteiger partial charge in [0.2, 0.25) is 0 Å². The van der Waals surface area contributed by atoms with Gasteiger partial charge in [-0.2, -0.15) is 11.1 Å². The molecule has 0 aromatic heterocycles. The molecule has 0 aromatic rings. The maximum Gasteiger partial charge on any atom is 0 e. The Kier molecular flexibility index (Phi) is 11.6. The minimum Gasteiger partial charge on any atom is 0 e. The maximum absolute atomic E-state index is 3.44. The van der Waals surface area contributed by atoms with Crippen molar-refractivity contribution in [2.75, 3.05) is 0 Å². The van der Waals surface area contributed by atoms with Gasteiger partial charge in [0.25, 0.3) is 0 Å². The van der Waals surface area contributed by atoms with Crippen LogP contribution in [-0.4, -0.2) is 0 Å². The van der Waals surface area contributed by atoms with Crippen LogP contribution in [0, 0.1) is 11.5 Å². The van der Waals surface area contributed by atoms with Crippen LogP contribution in [0.4, 0.5) is 0 Å². The van der Waals surface area contributed by atoms with Gasteiger partial charge in [-0.1, -0.05) is 33.1 Å². The molecule has 1 aliphatic carbocycles. The van der Waals surface area contributed by atoms with E-state index in [1.165, 1.54) is 16.7 Å². The van der Waals surface area contributed by atoms with E-state index < -0.39 is 0 Å². The number of allylic oxidation sites excluding steroid dienone is 4. The predicted molar refractivity (Wildman–Crippen MR) is 72.6 cm³/mol. The standard InChI is InChI=1S/C10H15.Hf.I3/c1-7-6-10(4,5)9(3)8(7)2;;1-3-2/h1-5H3;;/q-1;;-1. The molecule has 0 N–H and O–H groups in total. The van der Waals surface area contributed by atoms with Gasteiger partial charge in [0, 0.05) is 25.8 Å². The molecule has 0 fully saturated rings. The molecule has 0 amide bonds. The van der Waals surface area contributed by atoms with Crippen molar-refractivity contribution >= 4 is 37.2 Å². The Morgan fingerprint density at radius 2 is 1.50 bits per heavy atom. The van der Waals surface area contributed by atoms with E-state index in [0.717, 1.165) is 0 Å². The first-order valence-electron chi connectivity index (χ1n) is 4.04. The largest absolute Gasteiger partial charge is 0 e. The molecule has 0 aliphatic heterocycles.